The van der Waals surface area contributed by atoms with Gasteiger partial charge in [-0.15, -0.1) is 12.4 Å². The molecule has 0 radical (unpaired) electrons. The zero-order valence-electron chi connectivity index (χ0n) is 13.0. The fourth-order valence-electron chi connectivity index (χ4n) is 3.08. The topological polar surface area (TPSA) is 35.5 Å². The smallest absolute Gasteiger partial charge is 0.0500 e. The third-order valence-corrected chi connectivity index (χ3v) is 4.43. The molecular formula is C16H26Cl2N2O. The number of nitrogens with one attached hydrogen (secondary N) is 1. The molecule has 1 saturated heterocycles. The first kappa shape index (κ1) is 18.7. The fraction of sp³-hybridized carbons (Fsp3) is 0.625. The Kier molecular flexibility index (Phi) is 6.95. The molecule has 120 valence electrons. The molecule has 1 fully saturated rings. The van der Waals surface area contributed by atoms with Crippen LogP contribution in [-0.2, 0) is 0 Å². The zero-order valence-corrected chi connectivity index (χ0v) is 14.6. The molecule has 0 aromatic heterocycles. The Morgan fingerprint density at radius 3 is 2.48 bits per heavy atom. The number of rotatable bonds is 4. The molecule has 0 aliphatic carbocycles. The summed E-state index contributed by atoms with van der Waals surface area (Å²) in [4.78, 5) is 2.48. The van der Waals surface area contributed by atoms with E-state index in [4.69, 9.17) is 11.6 Å². The predicted molar refractivity (Wildman–Crippen MR) is 91.5 cm³/mol. The molecule has 3 nitrogen and oxygen atoms in total. The number of aryl methyl sites for hydroxylation is 1. The van der Waals surface area contributed by atoms with Gasteiger partial charge < -0.3 is 10.4 Å². The first-order valence-electron chi connectivity index (χ1n) is 7.27. The Balaban J connectivity index is 0.00000220. The number of halogens is 2. The fourth-order valence-corrected chi connectivity index (χ4v) is 3.31. The summed E-state index contributed by atoms with van der Waals surface area (Å²) >= 11 is 6.08. The Morgan fingerprint density at radius 2 is 1.95 bits per heavy atom. The quantitative estimate of drug-likeness (QED) is 0.889. The number of benzene rings is 1. The highest BCUT2D eigenvalue weighted by atomic mass is 35.5. The molecule has 1 aromatic carbocycles. The van der Waals surface area contributed by atoms with Gasteiger partial charge in [-0.25, -0.2) is 0 Å². The summed E-state index contributed by atoms with van der Waals surface area (Å²) in [6.07, 6.45) is 0. The molecule has 0 bridgehead atoms. The number of nitrogens with zero attached hydrogens (tertiary/aromatic N) is 1. The maximum atomic E-state index is 9.83. The molecule has 2 N–H and O–H groups in total. The summed E-state index contributed by atoms with van der Waals surface area (Å²) in [5, 5.41) is 14.0. The summed E-state index contributed by atoms with van der Waals surface area (Å²) in [6.45, 7) is 10.6. The average Bonchev–Trinajstić information content (AvgIpc) is 2.43. The van der Waals surface area contributed by atoms with Crippen molar-refractivity contribution >= 4 is 24.0 Å². The Bertz CT molecular complexity index is 460. The van der Waals surface area contributed by atoms with Crippen molar-refractivity contribution in [2.24, 2.45) is 5.41 Å². The predicted octanol–water partition coefficient (Wildman–Crippen LogP) is 3.04. The van der Waals surface area contributed by atoms with Crippen LogP contribution in [0.2, 0.25) is 5.02 Å². The number of hydrogen-bond donors (Lipinski definition) is 2. The van der Waals surface area contributed by atoms with Crippen LogP contribution in [0.1, 0.15) is 31.0 Å². The van der Waals surface area contributed by atoms with Crippen LogP contribution in [0.3, 0.4) is 0 Å². The minimum atomic E-state index is -0.185. The lowest BCUT2D eigenvalue weighted by Gasteiger charge is -2.44. The van der Waals surface area contributed by atoms with E-state index in [1.807, 2.05) is 12.1 Å². The second kappa shape index (κ2) is 7.80. The third kappa shape index (κ3) is 4.33. The van der Waals surface area contributed by atoms with Gasteiger partial charge in [-0.1, -0.05) is 31.5 Å². The Labute approximate surface area is 139 Å². The van der Waals surface area contributed by atoms with E-state index in [2.05, 4.69) is 37.1 Å². The van der Waals surface area contributed by atoms with Crippen LogP contribution >= 0.6 is 24.0 Å². The van der Waals surface area contributed by atoms with Gasteiger partial charge in [0.25, 0.3) is 0 Å². The SMILES string of the molecule is Cc1cc(Cl)ccc1[C@@H](N1CCNCC1)C(C)(C)CO.Cl. The summed E-state index contributed by atoms with van der Waals surface area (Å²) in [5.74, 6) is 0. The van der Waals surface area contributed by atoms with Crippen molar-refractivity contribution < 1.29 is 5.11 Å². The standard InChI is InChI=1S/C16H25ClN2O.ClH/c1-12-10-13(17)4-5-14(12)15(16(2,3)11-20)19-8-6-18-7-9-19;/h4-5,10,15,18,20H,6-9,11H2,1-3H3;1H/t15-;/m1./s1. The van der Waals surface area contributed by atoms with Gasteiger partial charge in [-0.2, -0.15) is 0 Å². The van der Waals surface area contributed by atoms with Crippen LogP contribution in [0.15, 0.2) is 18.2 Å². The first-order chi connectivity index (χ1) is 9.45. The van der Waals surface area contributed by atoms with E-state index in [0.717, 1.165) is 31.2 Å². The van der Waals surface area contributed by atoms with Crippen LogP contribution < -0.4 is 5.32 Å². The van der Waals surface area contributed by atoms with Gasteiger partial charge in [-0.3, -0.25) is 4.90 Å². The lowest BCUT2D eigenvalue weighted by atomic mass is 9.78. The molecular weight excluding hydrogens is 307 g/mol. The molecule has 0 saturated carbocycles. The van der Waals surface area contributed by atoms with E-state index in [0.29, 0.717) is 0 Å². The summed E-state index contributed by atoms with van der Waals surface area (Å²) in [7, 11) is 0. The molecule has 2 rings (SSSR count). The van der Waals surface area contributed by atoms with E-state index in [1.165, 1.54) is 11.1 Å². The van der Waals surface area contributed by atoms with Gasteiger partial charge in [0.15, 0.2) is 0 Å². The molecule has 0 amide bonds. The highest BCUT2D eigenvalue weighted by Gasteiger charge is 2.36. The molecule has 5 heteroatoms. The van der Waals surface area contributed by atoms with E-state index in [-0.39, 0.29) is 30.5 Å². The van der Waals surface area contributed by atoms with Crippen molar-refractivity contribution in [1.29, 1.82) is 0 Å². The zero-order chi connectivity index (χ0) is 14.8. The van der Waals surface area contributed by atoms with Gasteiger partial charge in [0.05, 0.1) is 0 Å². The van der Waals surface area contributed by atoms with E-state index >= 15 is 0 Å². The van der Waals surface area contributed by atoms with Crippen LogP contribution in [0.25, 0.3) is 0 Å². The number of hydrogen-bond acceptors (Lipinski definition) is 3. The number of aliphatic hydroxyl groups is 1. The summed E-state index contributed by atoms with van der Waals surface area (Å²) in [5.41, 5.74) is 2.29. The molecule has 1 atom stereocenters. The van der Waals surface area contributed by atoms with Crippen molar-refractivity contribution in [3.8, 4) is 0 Å². The maximum absolute atomic E-state index is 9.83. The van der Waals surface area contributed by atoms with Crippen molar-refractivity contribution in [2.75, 3.05) is 32.8 Å². The normalized spacial score (nSPS) is 18.1. The van der Waals surface area contributed by atoms with Crippen molar-refractivity contribution in [2.45, 2.75) is 26.8 Å². The first-order valence-corrected chi connectivity index (χ1v) is 7.65. The van der Waals surface area contributed by atoms with Gasteiger partial charge in [0, 0.05) is 49.3 Å². The highest BCUT2D eigenvalue weighted by molar-refractivity contribution is 6.30. The Hall–Kier alpha value is -0.320. The lowest BCUT2D eigenvalue weighted by molar-refractivity contribution is 0.0302. The van der Waals surface area contributed by atoms with E-state index < -0.39 is 0 Å². The molecule has 1 heterocycles. The van der Waals surface area contributed by atoms with Crippen molar-refractivity contribution in [3.05, 3.63) is 34.3 Å². The average molecular weight is 333 g/mol. The molecule has 1 aliphatic heterocycles. The van der Waals surface area contributed by atoms with Crippen LogP contribution in [0, 0.1) is 12.3 Å². The molecule has 0 spiro atoms. The van der Waals surface area contributed by atoms with Gasteiger partial charge >= 0.3 is 0 Å². The Morgan fingerprint density at radius 1 is 1.33 bits per heavy atom. The molecule has 0 unspecified atom stereocenters. The van der Waals surface area contributed by atoms with Crippen LogP contribution in [0.4, 0.5) is 0 Å². The second-order valence-electron chi connectivity index (χ2n) is 6.34. The molecule has 1 aliphatic rings. The van der Waals surface area contributed by atoms with Crippen molar-refractivity contribution in [3.63, 3.8) is 0 Å². The van der Waals surface area contributed by atoms with Gasteiger partial charge in [0.1, 0.15) is 0 Å². The number of piperazine rings is 1. The lowest BCUT2D eigenvalue weighted by Crippen LogP contribution is -2.49. The highest BCUT2D eigenvalue weighted by Crippen LogP contribution is 2.40. The van der Waals surface area contributed by atoms with Gasteiger partial charge in [0.2, 0.25) is 0 Å². The van der Waals surface area contributed by atoms with Crippen LogP contribution in [-0.4, -0.2) is 42.8 Å². The largest absolute Gasteiger partial charge is 0.396 e. The second-order valence-corrected chi connectivity index (χ2v) is 6.77. The monoisotopic (exact) mass is 332 g/mol. The summed E-state index contributed by atoms with van der Waals surface area (Å²) < 4.78 is 0. The molecule has 21 heavy (non-hydrogen) atoms. The summed E-state index contributed by atoms with van der Waals surface area (Å²) in [6, 6.07) is 6.29. The molecule has 1 aromatic rings. The van der Waals surface area contributed by atoms with Crippen molar-refractivity contribution in [1.82, 2.24) is 10.2 Å². The number of aliphatic hydroxyl groups excluding tert-OH is 1. The maximum Gasteiger partial charge on any atom is 0.0500 e. The van der Waals surface area contributed by atoms with E-state index in [9.17, 15) is 5.11 Å². The van der Waals surface area contributed by atoms with Gasteiger partial charge in [-0.05, 0) is 30.2 Å². The van der Waals surface area contributed by atoms with Crippen LogP contribution in [0.5, 0.6) is 0 Å². The third-order valence-electron chi connectivity index (χ3n) is 4.19. The van der Waals surface area contributed by atoms with E-state index in [1.54, 1.807) is 0 Å². The minimum Gasteiger partial charge on any atom is -0.396 e. The minimum absolute atomic E-state index is 0.